The Hall–Kier alpha value is -8.72. The zero-order valence-corrected chi connectivity index (χ0v) is 35.8. The van der Waals surface area contributed by atoms with Gasteiger partial charge in [0.25, 0.3) is 0 Å². The van der Waals surface area contributed by atoms with Crippen LogP contribution in [0.3, 0.4) is 0 Å². The van der Waals surface area contributed by atoms with Crippen molar-refractivity contribution < 1.29 is 8.83 Å². The van der Waals surface area contributed by atoms with E-state index in [-0.39, 0.29) is 0 Å². The zero-order valence-electron chi connectivity index (χ0n) is 35.8. The van der Waals surface area contributed by atoms with Gasteiger partial charge in [-0.2, -0.15) is 0 Å². The quantitative estimate of drug-likeness (QED) is 0.161. The van der Waals surface area contributed by atoms with Gasteiger partial charge in [0.2, 0.25) is 0 Å². The van der Waals surface area contributed by atoms with Crippen molar-refractivity contribution in [2.45, 2.75) is 0 Å². The Labute approximate surface area is 380 Å². The minimum absolute atomic E-state index is 0.784. The minimum Gasteiger partial charge on any atom is -0.452 e. The lowest BCUT2D eigenvalue weighted by molar-refractivity contribution is 0.633. The van der Waals surface area contributed by atoms with Crippen LogP contribution in [0.25, 0.3) is 143 Å². The maximum absolute atomic E-state index is 6.57. The molecule has 2 nitrogen and oxygen atoms in total. The van der Waals surface area contributed by atoms with Crippen molar-refractivity contribution in [2.75, 3.05) is 0 Å². The van der Waals surface area contributed by atoms with E-state index < -0.39 is 0 Å². The Kier molecular flexibility index (Phi) is 8.02. The summed E-state index contributed by atoms with van der Waals surface area (Å²) < 4.78 is 13.0. The summed E-state index contributed by atoms with van der Waals surface area (Å²) in [6.45, 7) is 0. The highest BCUT2D eigenvalue weighted by Gasteiger charge is 2.20. The summed E-state index contributed by atoms with van der Waals surface area (Å²) in [5.41, 5.74) is 15.2. The third-order valence-electron chi connectivity index (χ3n) is 13.9. The number of hydrogen-bond donors (Lipinski definition) is 0. The number of fused-ring (bicyclic) bond motifs is 11. The molecule has 0 spiro atoms. The van der Waals surface area contributed by atoms with Gasteiger partial charge >= 0.3 is 0 Å². The molecule has 12 aromatic carbocycles. The fourth-order valence-corrected chi connectivity index (χ4v) is 10.6. The molecule has 0 aliphatic rings. The van der Waals surface area contributed by atoms with E-state index in [4.69, 9.17) is 8.83 Å². The highest BCUT2D eigenvalue weighted by atomic mass is 16.4. The number of hydrogen-bond acceptors (Lipinski definition) is 2. The van der Waals surface area contributed by atoms with Gasteiger partial charge in [-0.15, -0.1) is 0 Å². The van der Waals surface area contributed by atoms with Crippen molar-refractivity contribution in [2.24, 2.45) is 0 Å². The lowest BCUT2D eigenvalue weighted by Crippen LogP contribution is -1.92. The largest absolute Gasteiger partial charge is 0.452 e. The summed E-state index contributed by atoms with van der Waals surface area (Å²) in [5.74, 6) is 0. The molecule has 0 atom stereocenters. The van der Waals surface area contributed by atoms with Crippen LogP contribution in [0.5, 0.6) is 0 Å². The maximum atomic E-state index is 6.57. The van der Waals surface area contributed by atoms with Crippen LogP contribution in [0.4, 0.5) is 0 Å². The molecule has 0 N–H and O–H groups in total. The van der Waals surface area contributed by atoms with Crippen LogP contribution in [-0.2, 0) is 0 Å². The van der Waals surface area contributed by atoms with E-state index in [2.05, 4.69) is 218 Å². The molecule has 0 amide bonds. The van der Waals surface area contributed by atoms with Crippen LogP contribution in [0.15, 0.2) is 239 Å². The molecule has 0 radical (unpaired) electrons. The van der Waals surface area contributed by atoms with Gasteiger partial charge in [-0.1, -0.05) is 182 Å². The molecule has 0 unspecified atom stereocenters. The van der Waals surface area contributed by atoms with Gasteiger partial charge in [0.05, 0.1) is 0 Å². The van der Waals surface area contributed by atoms with Gasteiger partial charge in [-0.05, 0) is 147 Å². The molecule has 0 fully saturated rings. The Balaban J connectivity index is 0.954. The van der Waals surface area contributed by atoms with E-state index in [0.29, 0.717) is 0 Å². The molecule has 14 rings (SSSR count). The predicted molar refractivity (Wildman–Crippen MR) is 278 cm³/mol. The van der Waals surface area contributed by atoms with Crippen LogP contribution in [0, 0.1) is 0 Å². The normalized spacial score (nSPS) is 11.9. The third-order valence-corrected chi connectivity index (χ3v) is 13.9. The van der Waals surface area contributed by atoms with Crippen LogP contribution in [0.2, 0.25) is 0 Å². The first-order valence-corrected chi connectivity index (χ1v) is 22.6. The molecule has 306 valence electrons. The zero-order chi connectivity index (χ0) is 43.3. The second kappa shape index (κ2) is 14.4. The molecular weight excluding hydrogens is 801 g/mol. The van der Waals surface area contributed by atoms with Crippen molar-refractivity contribution in [1.29, 1.82) is 0 Å². The molecule has 2 heterocycles. The number of furan rings is 2. The lowest BCUT2D eigenvalue weighted by atomic mass is 9.84. The Bertz CT molecular complexity index is 4260. The first kappa shape index (κ1) is 36.7. The molecule has 0 aliphatic heterocycles. The third kappa shape index (κ3) is 5.75. The topological polar surface area (TPSA) is 26.3 Å². The Morgan fingerprint density at radius 2 is 0.561 bits per heavy atom. The highest BCUT2D eigenvalue weighted by molar-refractivity contribution is 6.23. The van der Waals surface area contributed by atoms with Crippen LogP contribution >= 0.6 is 0 Å². The SMILES string of the molecule is c1ccc2cc(-c3ccc(-c4c5ccccc5c(-c5ccc(-c6ccc7ccccc7c6)cc5)c5cc(-c6ccc7oc8c(ccc9c%10ccccc%10oc98)c7c6)ccc45)cc3)ccc2c1. The first-order valence-electron chi connectivity index (χ1n) is 22.6. The van der Waals surface area contributed by atoms with E-state index in [1.165, 1.54) is 87.6 Å². The fourth-order valence-electron chi connectivity index (χ4n) is 10.6. The number of para-hydroxylation sites is 1. The number of benzene rings is 12. The second-order valence-corrected chi connectivity index (χ2v) is 17.6. The fraction of sp³-hybridized carbons (Fsp3) is 0. The molecule has 2 heteroatoms. The molecule has 0 saturated carbocycles. The van der Waals surface area contributed by atoms with Gasteiger partial charge in [-0.25, -0.2) is 0 Å². The Morgan fingerprint density at radius 1 is 0.197 bits per heavy atom. The van der Waals surface area contributed by atoms with Crippen molar-refractivity contribution in [3.63, 3.8) is 0 Å². The van der Waals surface area contributed by atoms with Crippen molar-refractivity contribution in [1.82, 2.24) is 0 Å². The molecule has 66 heavy (non-hydrogen) atoms. The maximum Gasteiger partial charge on any atom is 0.178 e. The average Bonchev–Trinajstić information content (AvgIpc) is 3.96. The molecule has 14 aromatic rings. The van der Waals surface area contributed by atoms with E-state index in [9.17, 15) is 0 Å². The second-order valence-electron chi connectivity index (χ2n) is 17.6. The summed E-state index contributed by atoms with van der Waals surface area (Å²) in [6, 6.07) is 84.0. The highest BCUT2D eigenvalue weighted by Crippen LogP contribution is 2.46. The van der Waals surface area contributed by atoms with Crippen LogP contribution in [-0.4, -0.2) is 0 Å². The van der Waals surface area contributed by atoms with E-state index in [1.807, 2.05) is 12.1 Å². The summed E-state index contributed by atoms with van der Waals surface area (Å²) >= 11 is 0. The smallest absolute Gasteiger partial charge is 0.178 e. The Morgan fingerprint density at radius 3 is 1.15 bits per heavy atom. The van der Waals surface area contributed by atoms with Gasteiger partial charge in [-0.3, -0.25) is 0 Å². The van der Waals surface area contributed by atoms with Crippen LogP contribution < -0.4 is 0 Å². The standard InChI is InChI=1S/C64H38O2/c1-3-11-45-35-47(27-21-39(45)9-1)41-17-23-43(24-18-41)61-52-14-5-6-15-53(52)62(44-25-19-42(20-26-44)48-28-22-40-10-2-4-12-46(40)36-48)58-38-49(29-31-54(58)61)50-30-34-60-57(37-50)56-33-32-55-51-13-7-8-16-59(51)65-63(55)64(56)66-60/h1-38H. The summed E-state index contributed by atoms with van der Waals surface area (Å²) in [7, 11) is 0. The van der Waals surface area contributed by atoms with Crippen molar-refractivity contribution in [3.05, 3.63) is 231 Å². The van der Waals surface area contributed by atoms with Crippen molar-refractivity contribution in [3.8, 4) is 55.6 Å². The van der Waals surface area contributed by atoms with Crippen LogP contribution in [0.1, 0.15) is 0 Å². The van der Waals surface area contributed by atoms with E-state index in [1.54, 1.807) is 0 Å². The van der Waals surface area contributed by atoms with Crippen molar-refractivity contribution >= 4 is 87.0 Å². The molecule has 0 aliphatic carbocycles. The van der Waals surface area contributed by atoms with E-state index in [0.717, 1.165) is 55.0 Å². The van der Waals surface area contributed by atoms with Gasteiger partial charge in [0, 0.05) is 21.5 Å². The molecule has 0 bridgehead atoms. The predicted octanol–water partition coefficient (Wildman–Crippen LogP) is 18.4. The first-order chi connectivity index (χ1) is 32.7. The van der Waals surface area contributed by atoms with Gasteiger partial charge in [0.1, 0.15) is 11.2 Å². The summed E-state index contributed by atoms with van der Waals surface area (Å²) in [5, 5.41) is 14.1. The van der Waals surface area contributed by atoms with Gasteiger partial charge in [0.15, 0.2) is 11.2 Å². The summed E-state index contributed by atoms with van der Waals surface area (Å²) in [4.78, 5) is 0. The number of rotatable bonds is 5. The molecular formula is C64H38O2. The average molecular weight is 839 g/mol. The van der Waals surface area contributed by atoms with E-state index >= 15 is 0 Å². The summed E-state index contributed by atoms with van der Waals surface area (Å²) in [6.07, 6.45) is 0. The van der Waals surface area contributed by atoms with Gasteiger partial charge < -0.3 is 8.83 Å². The molecule has 0 saturated heterocycles. The minimum atomic E-state index is 0.784. The lowest BCUT2D eigenvalue weighted by Gasteiger charge is -2.19. The monoisotopic (exact) mass is 838 g/mol. The molecule has 2 aromatic heterocycles.